The third kappa shape index (κ3) is 3.56. The van der Waals surface area contributed by atoms with Gasteiger partial charge in [0, 0.05) is 0 Å². The molecule has 6 nitrogen and oxygen atoms in total. The van der Waals surface area contributed by atoms with E-state index in [-0.39, 0.29) is 23.5 Å². The molecule has 0 aromatic carbocycles. The number of nitrogens with zero attached hydrogens (tertiary/aromatic N) is 2. The van der Waals surface area contributed by atoms with Crippen molar-refractivity contribution in [3.63, 3.8) is 0 Å². The van der Waals surface area contributed by atoms with Crippen molar-refractivity contribution >= 4 is 11.5 Å². The van der Waals surface area contributed by atoms with Gasteiger partial charge in [0.1, 0.15) is 11.9 Å². The molecule has 0 amide bonds. The number of nitro groups is 1. The van der Waals surface area contributed by atoms with E-state index in [0.717, 1.165) is 12.8 Å². The van der Waals surface area contributed by atoms with Gasteiger partial charge in [0.2, 0.25) is 5.88 Å². The average Bonchev–Trinajstić information content (AvgIpc) is 2.26. The van der Waals surface area contributed by atoms with Gasteiger partial charge < -0.3 is 10.5 Å². The fraction of sp³-hybridized carbons (Fsp3) is 0.615. The SMILES string of the molecule is CC1CC(C)CC(Oc2cc([N+](=O)[O-])cc(N)n2)C1. The molecule has 1 aromatic heterocycles. The van der Waals surface area contributed by atoms with E-state index in [0.29, 0.717) is 11.8 Å². The number of rotatable bonds is 3. The Hall–Kier alpha value is -1.85. The second-order valence-corrected chi connectivity index (χ2v) is 5.50. The highest BCUT2D eigenvalue weighted by atomic mass is 16.6. The van der Waals surface area contributed by atoms with Gasteiger partial charge in [-0.25, -0.2) is 0 Å². The van der Waals surface area contributed by atoms with Crippen LogP contribution in [0.15, 0.2) is 12.1 Å². The normalized spacial score (nSPS) is 26.9. The first kappa shape index (κ1) is 13.6. The van der Waals surface area contributed by atoms with Crippen LogP contribution in [-0.4, -0.2) is 16.0 Å². The Morgan fingerprint density at radius 2 is 1.95 bits per heavy atom. The minimum Gasteiger partial charge on any atom is -0.474 e. The molecule has 0 spiro atoms. The molecule has 0 bridgehead atoms. The van der Waals surface area contributed by atoms with Crippen molar-refractivity contribution < 1.29 is 9.66 Å². The lowest BCUT2D eigenvalue weighted by atomic mass is 9.82. The molecule has 0 aliphatic heterocycles. The second-order valence-electron chi connectivity index (χ2n) is 5.50. The summed E-state index contributed by atoms with van der Waals surface area (Å²) in [6.07, 6.45) is 3.17. The molecule has 0 saturated heterocycles. The quantitative estimate of drug-likeness (QED) is 0.670. The summed E-state index contributed by atoms with van der Waals surface area (Å²) < 4.78 is 5.77. The van der Waals surface area contributed by atoms with Crippen molar-refractivity contribution in [2.24, 2.45) is 11.8 Å². The lowest BCUT2D eigenvalue weighted by molar-refractivity contribution is -0.384. The van der Waals surface area contributed by atoms with E-state index in [2.05, 4.69) is 18.8 Å². The number of nitrogen functional groups attached to an aromatic ring is 1. The van der Waals surface area contributed by atoms with E-state index in [1.54, 1.807) is 0 Å². The molecular weight excluding hydrogens is 246 g/mol. The predicted octanol–water partition coefficient (Wildman–Crippen LogP) is 2.78. The van der Waals surface area contributed by atoms with Crippen LogP contribution >= 0.6 is 0 Å². The predicted molar refractivity (Wildman–Crippen MR) is 71.9 cm³/mol. The fourth-order valence-corrected chi connectivity index (χ4v) is 2.82. The average molecular weight is 265 g/mol. The van der Waals surface area contributed by atoms with Gasteiger partial charge in [0.25, 0.3) is 5.69 Å². The van der Waals surface area contributed by atoms with E-state index >= 15 is 0 Å². The van der Waals surface area contributed by atoms with Crippen molar-refractivity contribution in [1.82, 2.24) is 4.98 Å². The Kier molecular flexibility index (Phi) is 3.87. The van der Waals surface area contributed by atoms with Crippen molar-refractivity contribution in [2.75, 3.05) is 5.73 Å². The molecule has 1 saturated carbocycles. The Labute approximate surface area is 112 Å². The lowest BCUT2D eigenvalue weighted by Gasteiger charge is -2.31. The molecule has 19 heavy (non-hydrogen) atoms. The van der Waals surface area contributed by atoms with Crippen molar-refractivity contribution in [3.05, 3.63) is 22.2 Å². The standard InChI is InChI=1S/C13H19N3O3/c1-8-3-9(2)5-11(4-8)19-13-7-10(16(17)18)6-12(14)15-13/h6-9,11H,3-5H2,1-2H3,(H2,14,15). The van der Waals surface area contributed by atoms with Gasteiger partial charge in [-0.05, 0) is 31.1 Å². The number of aromatic nitrogens is 1. The highest BCUT2D eigenvalue weighted by molar-refractivity contribution is 5.45. The molecule has 2 unspecified atom stereocenters. The maximum atomic E-state index is 10.8. The summed E-state index contributed by atoms with van der Waals surface area (Å²) in [5, 5.41) is 10.8. The first-order chi connectivity index (χ1) is 8.94. The van der Waals surface area contributed by atoms with Crippen LogP contribution in [0.2, 0.25) is 0 Å². The van der Waals surface area contributed by atoms with Gasteiger partial charge in [-0.3, -0.25) is 10.1 Å². The molecular formula is C13H19N3O3. The van der Waals surface area contributed by atoms with Gasteiger partial charge >= 0.3 is 0 Å². The van der Waals surface area contributed by atoms with Crippen LogP contribution in [-0.2, 0) is 0 Å². The molecule has 1 aromatic rings. The van der Waals surface area contributed by atoms with E-state index < -0.39 is 4.92 Å². The largest absolute Gasteiger partial charge is 0.474 e. The van der Waals surface area contributed by atoms with Crippen LogP contribution in [0.5, 0.6) is 5.88 Å². The second kappa shape index (κ2) is 5.42. The van der Waals surface area contributed by atoms with Crippen molar-refractivity contribution in [1.29, 1.82) is 0 Å². The third-order valence-electron chi connectivity index (χ3n) is 3.44. The first-order valence-electron chi connectivity index (χ1n) is 6.52. The lowest BCUT2D eigenvalue weighted by Crippen LogP contribution is -2.28. The zero-order chi connectivity index (χ0) is 14.0. The molecule has 2 rings (SSSR count). The van der Waals surface area contributed by atoms with Crippen LogP contribution in [0.3, 0.4) is 0 Å². The fourth-order valence-electron chi connectivity index (χ4n) is 2.82. The summed E-state index contributed by atoms with van der Waals surface area (Å²) in [5.41, 5.74) is 5.48. The topological polar surface area (TPSA) is 91.3 Å². The summed E-state index contributed by atoms with van der Waals surface area (Å²) in [5.74, 6) is 1.56. The Morgan fingerprint density at radius 3 is 2.53 bits per heavy atom. The zero-order valence-corrected chi connectivity index (χ0v) is 11.2. The number of hydrogen-bond donors (Lipinski definition) is 1. The smallest absolute Gasteiger partial charge is 0.278 e. The number of pyridine rings is 1. The third-order valence-corrected chi connectivity index (χ3v) is 3.44. The molecule has 1 aliphatic carbocycles. The van der Waals surface area contributed by atoms with Gasteiger partial charge in [0.15, 0.2) is 0 Å². The Morgan fingerprint density at radius 1 is 1.32 bits per heavy atom. The first-order valence-corrected chi connectivity index (χ1v) is 6.52. The maximum Gasteiger partial charge on any atom is 0.278 e. The van der Waals surface area contributed by atoms with Crippen LogP contribution in [0.4, 0.5) is 11.5 Å². The van der Waals surface area contributed by atoms with Gasteiger partial charge in [-0.2, -0.15) is 4.98 Å². The summed E-state index contributed by atoms with van der Waals surface area (Å²) in [4.78, 5) is 14.3. The molecule has 1 heterocycles. The summed E-state index contributed by atoms with van der Waals surface area (Å²) in [6, 6.07) is 2.57. The molecule has 104 valence electrons. The molecule has 2 atom stereocenters. The van der Waals surface area contributed by atoms with Gasteiger partial charge in [0.05, 0.1) is 17.1 Å². The molecule has 1 aliphatic rings. The van der Waals surface area contributed by atoms with Crippen LogP contribution in [0.25, 0.3) is 0 Å². The van der Waals surface area contributed by atoms with Crippen LogP contribution in [0.1, 0.15) is 33.1 Å². The van der Waals surface area contributed by atoms with E-state index in [9.17, 15) is 10.1 Å². The molecule has 6 heteroatoms. The maximum absolute atomic E-state index is 10.8. The number of hydrogen-bond acceptors (Lipinski definition) is 5. The highest BCUT2D eigenvalue weighted by Gasteiger charge is 2.26. The Balaban J connectivity index is 2.12. The molecule has 0 radical (unpaired) electrons. The molecule has 2 N–H and O–H groups in total. The van der Waals surface area contributed by atoms with Gasteiger partial charge in [-0.15, -0.1) is 0 Å². The number of anilines is 1. The van der Waals surface area contributed by atoms with E-state index in [4.69, 9.17) is 10.5 Å². The van der Waals surface area contributed by atoms with Crippen LogP contribution < -0.4 is 10.5 Å². The van der Waals surface area contributed by atoms with E-state index in [1.807, 2.05) is 0 Å². The van der Waals surface area contributed by atoms with Crippen molar-refractivity contribution in [2.45, 2.75) is 39.2 Å². The number of ether oxygens (including phenoxy) is 1. The summed E-state index contributed by atoms with van der Waals surface area (Å²) in [7, 11) is 0. The summed E-state index contributed by atoms with van der Waals surface area (Å²) >= 11 is 0. The minimum absolute atomic E-state index is 0.0626. The monoisotopic (exact) mass is 265 g/mol. The minimum atomic E-state index is -0.489. The zero-order valence-electron chi connectivity index (χ0n) is 11.2. The van der Waals surface area contributed by atoms with Crippen molar-refractivity contribution in [3.8, 4) is 5.88 Å². The Bertz CT molecular complexity index is 468. The number of nitrogens with two attached hydrogens (primary N) is 1. The highest BCUT2D eigenvalue weighted by Crippen LogP contribution is 2.31. The van der Waals surface area contributed by atoms with Crippen LogP contribution in [0, 0.1) is 22.0 Å². The van der Waals surface area contributed by atoms with E-state index in [1.165, 1.54) is 18.6 Å². The molecule has 1 fully saturated rings. The summed E-state index contributed by atoms with van der Waals surface area (Å²) in [6.45, 7) is 4.39. The van der Waals surface area contributed by atoms with Gasteiger partial charge in [-0.1, -0.05) is 13.8 Å².